The van der Waals surface area contributed by atoms with Crippen LogP contribution in [0.3, 0.4) is 0 Å². The maximum absolute atomic E-state index is 11.5. The van der Waals surface area contributed by atoms with E-state index in [1.165, 1.54) is 4.68 Å². The van der Waals surface area contributed by atoms with Crippen molar-refractivity contribution in [3.8, 4) is 0 Å². The van der Waals surface area contributed by atoms with E-state index in [9.17, 15) is 4.79 Å². The number of morpholine rings is 1. The zero-order chi connectivity index (χ0) is 15.5. The van der Waals surface area contributed by atoms with Gasteiger partial charge in [0, 0.05) is 19.5 Å². The average molecular weight is 303 g/mol. The third-order valence-corrected chi connectivity index (χ3v) is 4.03. The van der Waals surface area contributed by atoms with E-state index in [1.807, 2.05) is 6.07 Å². The Balaban J connectivity index is 1.72. The van der Waals surface area contributed by atoms with Gasteiger partial charge in [-0.3, -0.25) is 9.69 Å². The smallest absolute Gasteiger partial charge is 0.250 e. The Morgan fingerprint density at radius 3 is 2.82 bits per heavy atom. The molecule has 1 aromatic carbocycles. The third-order valence-electron chi connectivity index (χ3n) is 4.03. The molecule has 0 aliphatic carbocycles. The molecule has 7 heteroatoms. The Morgan fingerprint density at radius 1 is 1.32 bits per heavy atom. The van der Waals surface area contributed by atoms with Gasteiger partial charge in [0.05, 0.1) is 24.3 Å². The van der Waals surface area contributed by atoms with Gasteiger partial charge in [0.1, 0.15) is 11.3 Å². The molecule has 1 aromatic heterocycles. The lowest BCUT2D eigenvalue weighted by Crippen LogP contribution is -2.37. The molecule has 1 aliphatic rings. The molecule has 0 atom stereocenters. The van der Waals surface area contributed by atoms with Crippen molar-refractivity contribution in [3.05, 3.63) is 29.6 Å². The molecular formula is C15H21N5O2. The molecule has 1 amide bonds. The summed E-state index contributed by atoms with van der Waals surface area (Å²) in [6, 6.07) is 5.29. The van der Waals surface area contributed by atoms with Crippen LogP contribution in [-0.2, 0) is 11.2 Å². The van der Waals surface area contributed by atoms with E-state index in [0.29, 0.717) is 16.6 Å². The number of aryl methyl sites for hydroxylation is 1. The first-order valence-electron chi connectivity index (χ1n) is 7.52. The van der Waals surface area contributed by atoms with E-state index in [4.69, 9.17) is 16.3 Å². The molecule has 4 N–H and O–H groups in total. The van der Waals surface area contributed by atoms with E-state index in [2.05, 4.69) is 9.88 Å². The van der Waals surface area contributed by atoms with Gasteiger partial charge in [-0.1, -0.05) is 6.07 Å². The molecule has 0 bridgehead atoms. The highest BCUT2D eigenvalue weighted by atomic mass is 16.5. The van der Waals surface area contributed by atoms with E-state index in [1.54, 1.807) is 12.1 Å². The number of nitrogens with zero attached hydrogens (tertiary/aromatic N) is 3. The minimum absolute atomic E-state index is 0.409. The number of ether oxygens (including phenoxy) is 1. The summed E-state index contributed by atoms with van der Waals surface area (Å²) in [5.74, 6) is 6.40. The summed E-state index contributed by atoms with van der Waals surface area (Å²) in [6.45, 7) is 4.56. The van der Waals surface area contributed by atoms with Gasteiger partial charge in [-0.05, 0) is 25.1 Å². The first-order valence-corrected chi connectivity index (χ1v) is 7.52. The predicted molar refractivity (Wildman–Crippen MR) is 84.0 cm³/mol. The number of para-hydroxylation sites is 1. The van der Waals surface area contributed by atoms with Crippen molar-refractivity contribution >= 4 is 16.9 Å². The number of carbonyl (C=O) groups excluding carboxylic acids is 1. The number of hydrogen-bond donors (Lipinski definition) is 2. The van der Waals surface area contributed by atoms with E-state index in [-0.39, 0.29) is 0 Å². The largest absolute Gasteiger partial charge is 0.379 e. The average Bonchev–Trinajstić information content (AvgIpc) is 2.85. The molecular weight excluding hydrogens is 282 g/mol. The van der Waals surface area contributed by atoms with Gasteiger partial charge in [0.2, 0.25) is 0 Å². The second-order valence-corrected chi connectivity index (χ2v) is 5.49. The lowest BCUT2D eigenvalue weighted by Gasteiger charge is -2.26. The number of nitrogen functional groups attached to an aromatic ring is 1. The van der Waals surface area contributed by atoms with Gasteiger partial charge in [-0.15, -0.1) is 0 Å². The minimum Gasteiger partial charge on any atom is -0.379 e. The number of carbonyl (C=O) groups is 1. The molecule has 0 saturated carbocycles. The molecule has 7 nitrogen and oxygen atoms in total. The number of aromatic nitrogens is 2. The number of benzene rings is 1. The summed E-state index contributed by atoms with van der Waals surface area (Å²) in [7, 11) is 0. The standard InChI is InChI=1S/C15H21N5O2/c16-15(21)11-3-1-4-12-14(11)20(17)13(18-12)5-2-6-19-7-9-22-10-8-19/h1,3-4H,2,5-10,17H2,(H2,16,21). The molecule has 1 fully saturated rings. The Morgan fingerprint density at radius 2 is 2.09 bits per heavy atom. The Labute approximate surface area is 128 Å². The Hall–Kier alpha value is -2.12. The van der Waals surface area contributed by atoms with Crippen molar-refractivity contribution in [1.82, 2.24) is 14.6 Å². The lowest BCUT2D eigenvalue weighted by molar-refractivity contribution is 0.0374. The van der Waals surface area contributed by atoms with E-state index >= 15 is 0 Å². The number of primary amides is 1. The number of amides is 1. The van der Waals surface area contributed by atoms with E-state index < -0.39 is 5.91 Å². The first-order chi connectivity index (χ1) is 10.7. The summed E-state index contributed by atoms with van der Waals surface area (Å²) in [5.41, 5.74) is 7.13. The van der Waals surface area contributed by atoms with Gasteiger partial charge >= 0.3 is 0 Å². The second-order valence-electron chi connectivity index (χ2n) is 5.49. The lowest BCUT2D eigenvalue weighted by atomic mass is 10.2. The van der Waals surface area contributed by atoms with Gasteiger partial charge in [0.15, 0.2) is 0 Å². The number of hydrogen-bond acceptors (Lipinski definition) is 5. The van der Waals surface area contributed by atoms with Crippen LogP contribution in [0.25, 0.3) is 11.0 Å². The van der Waals surface area contributed by atoms with Crippen LogP contribution >= 0.6 is 0 Å². The van der Waals surface area contributed by atoms with Crippen molar-refractivity contribution in [1.29, 1.82) is 0 Å². The summed E-state index contributed by atoms with van der Waals surface area (Å²) >= 11 is 0. The van der Waals surface area contributed by atoms with Gasteiger partial charge in [-0.25, -0.2) is 9.66 Å². The molecule has 0 radical (unpaired) electrons. The quantitative estimate of drug-likeness (QED) is 0.764. The van der Waals surface area contributed by atoms with Crippen molar-refractivity contribution < 1.29 is 9.53 Å². The number of imidazole rings is 1. The SMILES string of the molecule is NC(=O)c1cccc2nc(CCCN3CCOCC3)n(N)c12. The molecule has 2 aromatic rings. The van der Waals surface area contributed by atoms with Crippen LogP contribution in [0, 0.1) is 0 Å². The number of nitrogens with two attached hydrogens (primary N) is 2. The molecule has 2 heterocycles. The number of fused-ring (bicyclic) bond motifs is 1. The van der Waals surface area contributed by atoms with Crippen LogP contribution in [0.1, 0.15) is 22.6 Å². The van der Waals surface area contributed by atoms with Crippen LogP contribution < -0.4 is 11.6 Å². The highest BCUT2D eigenvalue weighted by Gasteiger charge is 2.16. The Kier molecular flexibility index (Phi) is 4.26. The first kappa shape index (κ1) is 14.8. The van der Waals surface area contributed by atoms with Crippen LogP contribution in [0.4, 0.5) is 0 Å². The highest BCUT2D eigenvalue weighted by Crippen LogP contribution is 2.19. The zero-order valence-corrected chi connectivity index (χ0v) is 12.5. The van der Waals surface area contributed by atoms with Crippen molar-refractivity contribution in [2.24, 2.45) is 5.73 Å². The normalized spacial score (nSPS) is 16.2. The maximum atomic E-state index is 11.5. The minimum atomic E-state index is -0.489. The van der Waals surface area contributed by atoms with Crippen molar-refractivity contribution in [2.75, 3.05) is 38.7 Å². The summed E-state index contributed by atoms with van der Waals surface area (Å²) in [6.07, 6.45) is 1.73. The van der Waals surface area contributed by atoms with E-state index in [0.717, 1.165) is 51.5 Å². The summed E-state index contributed by atoms with van der Waals surface area (Å²) in [5, 5.41) is 0. The van der Waals surface area contributed by atoms with Crippen molar-refractivity contribution in [3.63, 3.8) is 0 Å². The van der Waals surface area contributed by atoms with Gasteiger partial charge in [-0.2, -0.15) is 0 Å². The molecule has 118 valence electrons. The summed E-state index contributed by atoms with van der Waals surface area (Å²) in [4.78, 5) is 18.4. The topological polar surface area (TPSA) is 99.4 Å². The summed E-state index contributed by atoms with van der Waals surface area (Å²) < 4.78 is 6.83. The van der Waals surface area contributed by atoms with Gasteiger partial charge in [0.25, 0.3) is 5.91 Å². The van der Waals surface area contributed by atoms with Gasteiger partial charge < -0.3 is 16.3 Å². The fourth-order valence-electron chi connectivity index (χ4n) is 2.86. The fraction of sp³-hybridized carbons (Fsp3) is 0.467. The molecule has 0 unspecified atom stereocenters. The third kappa shape index (κ3) is 2.90. The van der Waals surface area contributed by atoms with Crippen molar-refractivity contribution in [2.45, 2.75) is 12.8 Å². The van der Waals surface area contributed by atoms with Crippen LogP contribution in [0.5, 0.6) is 0 Å². The molecule has 1 aliphatic heterocycles. The van der Waals surface area contributed by atoms with Crippen LogP contribution in [-0.4, -0.2) is 53.3 Å². The number of rotatable bonds is 5. The second kappa shape index (κ2) is 6.33. The molecule has 1 saturated heterocycles. The van der Waals surface area contributed by atoms with Crippen LogP contribution in [0.15, 0.2) is 18.2 Å². The zero-order valence-electron chi connectivity index (χ0n) is 12.5. The predicted octanol–water partition coefficient (Wildman–Crippen LogP) is 0.114. The Bertz CT molecular complexity index is 676. The molecule has 3 rings (SSSR count). The van der Waals surface area contributed by atoms with Crippen LogP contribution in [0.2, 0.25) is 0 Å². The monoisotopic (exact) mass is 303 g/mol. The molecule has 0 spiro atoms. The fourth-order valence-corrected chi connectivity index (χ4v) is 2.86. The molecule has 22 heavy (non-hydrogen) atoms. The highest BCUT2D eigenvalue weighted by molar-refractivity contribution is 6.04. The maximum Gasteiger partial charge on any atom is 0.250 e.